The lowest BCUT2D eigenvalue weighted by atomic mass is 10.0. The third kappa shape index (κ3) is 3.26. The number of non-ortho nitro benzene ring substituents is 1. The monoisotopic (exact) mass is 352 g/mol. The molecule has 9 heteroatoms. The Morgan fingerprint density at radius 1 is 1.00 bits per heavy atom. The fourth-order valence-electron chi connectivity index (χ4n) is 2.47. The Balaban J connectivity index is 1.94. The highest BCUT2D eigenvalue weighted by atomic mass is 16.6. The average Bonchev–Trinajstić information content (AvgIpc) is 2.63. The number of nitrogens with zero attached hydrogens (tertiary/aromatic N) is 3. The lowest BCUT2D eigenvalue weighted by Crippen LogP contribution is -1.99. The van der Waals surface area contributed by atoms with Crippen molar-refractivity contribution in [3.63, 3.8) is 0 Å². The summed E-state index contributed by atoms with van der Waals surface area (Å²) in [5.41, 5.74) is 2.07. The number of hydrogen-bond donors (Lipinski definition) is 2. The van der Waals surface area contributed by atoms with E-state index in [-0.39, 0.29) is 11.4 Å². The predicted molar refractivity (Wildman–Crippen MR) is 96.6 cm³/mol. The highest BCUT2D eigenvalue weighted by Gasteiger charge is 2.19. The molecule has 130 valence electrons. The van der Waals surface area contributed by atoms with Gasteiger partial charge in [-0.2, -0.15) is 5.10 Å². The molecule has 0 spiro atoms. The van der Waals surface area contributed by atoms with E-state index in [0.717, 1.165) is 22.9 Å². The fourth-order valence-corrected chi connectivity index (χ4v) is 2.47. The lowest BCUT2D eigenvalue weighted by Gasteiger charge is -2.05. The molecule has 26 heavy (non-hydrogen) atoms. The zero-order chi connectivity index (χ0) is 18.7. The number of fused-ring (bicyclic) bond motifs is 1. The van der Waals surface area contributed by atoms with Crippen molar-refractivity contribution in [3.05, 3.63) is 80.4 Å². The minimum atomic E-state index is -0.736. The van der Waals surface area contributed by atoms with Gasteiger partial charge in [0, 0.05) is 11.6 Å². The summed E-state index contributed by atoms with van der Waals surface area (Å²) in [5.74, 6) is 0.00690. The molecule has 0 aliphatic heterocycles. The Hall–Kier alpha value is -4.01. The third-order valence-electron chi connectivity index (χ3n) is 3.72. The van der Waals surface area contributed by atoms with Crippen LogP contribution >= 0.6 is 0 Å². The van der Waals surface area contributed by atoms with Gasteiger partial charge in [0.25, 0.3) is 5.69 Å². The molecule has 0 saturated carbocycles. The molecule has 3 rings (SSSR count). The normalized spacial score (nSPS) is 10.9. The number of hydrogen-bond acceptors (Lipinski definition) is 7. The minimum Gasteiger partial charge on any atom is -0.507 e. The summed E-state index contributed by atoms with van der Waals surface area (Å²) in [6.45, 7) is 0. The smallest absolute Gasteiger partial charge is 0.301 e. The van der Waals surface area contributed by atoms with Crippen LogP contribution in [-0.2, 0) is 0 Å². The molecule has 0 radical (unpaired) electrons. The van der Waals surface area contributed by atoms with Gasteiger partial charge in [-0.1, -0.05) is 30.3 Å². The minimum absolute atomic E-state index is 0.00317. The molecule has 0 aliphatic rings. The van der Waals surface area contributed by atoms with Crippen molar-refractivity contribution in [2.24, 2.45) is 5.10 Å². The van der Waals surface area contributed by atoms with Gasteiger partial charge < -0.3 is 5.11 Å². The molecule has 9 nitrogen and oxygen atoms in total. The van der Waals surface area contributed by atoms with E-state index >= 15 is 0 Å². The molecular weight excluding hydrogens is 340 g/mol. The second kappa shape index (κ2) is 6.85. The van der Waals surface area contributed by atoms with Crippen LogP contribution in [0, 0.1) is 20.2 Å². The first-order valence-electron chi connectivity index (χ1n) is 7.40. The van der Waals surface area contributed by atoms with Gasteiger partial charge in [0.15, 0.2) is 0 Å². The molecule has 0 heterocycles. The maximum atomic E-state index is 11.1. The van der Waals surface area contributed by atoms with Crippen LogP contribution in [-0.4, -0.2) is 21.2 Å². The van der Waals surface area contributed by atoms with Crippen LogP contribution in [0.2, 0.25) is 0 Å². The SMILES string of the molecule is O=[N+]([O-])c1ccc(N/N=C\c2c(O)ccc3ccccc23)c([N+](=O)[O-])c1. The van der Waals surface area contributed by atoms with E-state index < -0.39 is 21.2 Å². The number of aromatic hydroxyl groups is 1. The predicted octanol–water partition coefficient (Wildman–Crippen LogP) is 3.81. The molecular formula is C17H12N4O5. The van der Waals surface area contributed by atoms with Crippen LogP contribution in [0.5, 0.6) is 5.75 Å². The third-order valence-corrected chi connectivity index (χ3v) is 3.72. The van der Waals surface area contributed by atoms with Gasteiger partial charge in [0.2, 0.25) is 0 Å². The largest absolute Gasteiger partial charge is 0.507 e. The van der Waals surface area contributed by atoms with Crippen LogP contribution in [0.3, 0.4) is 0 Å². The average molecular weight is 352 g/mol. The molecule has 3 aromatic rings. The van der Waals surface area contributed by atoms with E-state index in [1.54, 1.807) is 6.07 Å². The molecule has 0 saturated heterocycles. The Labute approximate surface area is 146 Å². The molecule has 0 bridgehead atoms. The number of nitrogens with one attached hydrogen (secondary N) is 1. The summed E-state index contributed by atoms with van der Waals surface area (Å²) < 4.78 is 0. The Bertz CT molecular complexity index is 1050. The number of rotatable bonds is 5. The van der Waals surface area contributed by atoms with Gasteiger partial charge >= 0.3 is 5.69 Å². The quantitative estimate of drug-likeness (QED) is 0.408. The first-order chi connectivity index (χ1) is 12.5. The zero-order valence-corrected chi connectivity index (χ0v) is 13.2. The molecule has 0 aromatic heterocycles. The number of benzene rings is 3. The van der Waals surface area contributed by atoms with E-state index in [9.17, 15) is 25.3 Å². The van der Waals surface area contributed by atoms with Gasteiger partial charge in [-0.15, -0.1) is 0 Å². The second-order valence-electron chi connectivity index (χ2n) is 5.31. The summed E-state index contributed by atoms with van der Waals surface area (Å²) in [6, 6.07) is 13.8. The van der Waals surface area contributed by atoms with E-state index in [1.165, 1.54) is 18.3 Å². The van der Waals surface area contributed by atoms with Gasteiger partial charge in [-0.05, 0) is 22.9 Å². The van der Waals surface area contributed by atoms with Crippen molar-refractivity contribution >= 4 is 34.0 Å². The zero-order valence-electron chi connectivity index (χ0n) is 13.2. The fraction of sp³-hybridized carbons (Fsp3) is 0. The maximum Gasteiger partial charge on any atom is 0.301 e. The topological polar surface area (TPSA) is 131 Å². The standard InChI is InChI=1S/C17H12N4O5/c22-17-8-5-11-3-1-2-4-13(11)14(17)10-18-19-15-7-6-12(20(23)24)9-16(15)21(25)26/h1-10,19,22H/b18-10-. The number of anilines is 1. The lowest BCUT2D eigenvalue weighted by molar-refractivity contribution is -0.393. The highest BCUT2D eigenvalue weighted by Crippen LogP contribution is 2.29. The van der Waals surface area contributed by atoms with Crippen molar-refractivity contribution < 1.29 is 15.0 Å². The highest BCUT2D eigenvalue weighted by molar-refractivity contribution is 6.02. The Morgan fingerprint density at radius 2 is 1.77 bits per heavy atom. The van der Waals surface area contributed by atoms with Crippen LogP contribution in [0.15, 0.2) is 59.7 Å². The first-order valence-corrected chi connectivity index (χ1v) is 7.40. The van der Waals surface area contributed by atoms with Crippen LogP contribution in [0.1, 0.15) is 5.56 Å². The van der Waals surface area contributed by atoms with E-state index in [1.807, 2.05) is 24.3 Å². The second-order valence-corrected chi connectivity index (χ2v) is 5.31. The van der Waals surface area contributed by atoms with Gasteiger partial charge in [0.1, 0.15) is 11.4 Å². The molecule has 0 amide bonds. The number of nitro benzene ring substituents is 2. The van der Waals surface area contributed by atoms with Crippen LogP contribution in [0.4, 0.5) is 17.1 Å². The van der Waals surface area contributed by atoms with Crippen molar-refractivity contribution in [3.8, 4) is 5.75 Å². The van der Waals surface area contributed by atoms with E-state index in [0.29, 0.717) is 5.56 Å². The molecule has 0 fully saturated rings. The Morgan fingerprint density at radius 3 is 2.50 bits per heavy atom. The Kier molecular flexibility index (Phi) is 4.44. The van der Waals surface area contributed by atoms with Gasteiger partial charge in [-0.3, -0.25) is 25.7 Å². The molecule has 2 N–H and O–H groups in total. The maximum absolute atomic E-state index is 11.1. The van der Waals surface area contributed by atoms with Crippen molar-refractivity contribution in [2.45, 2.75) is 0 Å². The molecule has 0 unspecified atom stereocenters. The summed E-state index contributed by atoms with van der Waals surface area (Å²) in [7, 11) is 0. The summed E-state index contributed by atoms with van der Waals surface area (Å²) in [4.78, 5) is 20.4. The van der Waals surface area contributed by atoms with E-state index in [2.05, 4.69) is 10.5 Å². The van der Waals surface area contributed by atoms with Crippen molar-refractivity contribution in [1.82, 2.24) is 0 Å². The van der Waals surface area contributed by atoms with Crippen LogP contribution < -0.4 is 5.43 Å². The van der Waals surface area contributed by atoms with Crippen LogP contribution in [0.25, 0.3) is 10.8 Å². The van der Waals surface area contributed by atoms with Crippen molar-refractivity contribution in [1.29, 1.82) is 0 Å². The number of phenolic OH excluding ortho intramolecular Hbond substituents is 1. The molecule has 0 atom stereocenters. The van der Waals surface area contributed by atoms with E-state index in [4.69, 9.17) is 0 Å². The summed E-state index contributed by atoms with van der Waals surface area (Å²) in [5, 5.41) is 37.5. The van der Waals surface area contributed by atoms with Gasteiger partial charge in [-0.25, -0.2) is 0 Å². The van der Waals surface area contributed by atoms with Gasteiger partial charge in [0.05, 0.1) is 22.1 Å². The summed E-state index contributed by atoms with van der Waals surface area (Å²) >= 11 is 0. The van der Waals surface area contributed by atoms with Crippen molar-refractivity contribution in [2.75, 3.05) is 5.43 Å². The number of hydrazone groups is 1. The number of phenols is 1. The molecule has 3 aromatic carbocycles. The molecule has 0 aliphatic carbocycles. The first kappa shape index (κ1) is 16.8. The summed E-state index contributed by atoms with van der Waals surface area (Å²) in [6.07, 6.45) is 1.34. The number of nitro groups is 2.